The van der Waals surface area contributed by atoms with Crippen LogP contribution < -0.4 is 0 Å². The highest BCUT2D eigenvalue weighted by Crippen LogP contribution is 2.34. The molecule has 1 fully saturated rings. The van der Waals surface area contributed by atoms with Gasteiger partial charge in [0, 0.05) is 11.1 Å². The molecule has 0 radical (unpaired) electrons. The third-order valence-electron chi connectivity index (χ3n) is 4.51. The van der Waals surface area contributed by atoms with Crippen molar-refractivity contribution in [2.45, 2.75) is 26.2 Å². The fourth-order valence-electron chi connectivity index (χ4n) is 3.19. The summed E-state index contributed by atoms with van der Waals surface area (Å²) in [6, 6.07) is 20.3. The van der Waals surface area contributed by atoms with Crippen LogP contribution in [0.1, 0.15) is 37.3 Å². The van der Waals surface area contributed by atoms with Crippen LogP contribution in [0.4, 0.5) is 0 Å². The maximum absolute atomic E-state index is 13.0. The summed E-state index contributed by atoms with van der Waals surface area (Å²) in [5, 5.41) is 0. The Balaban J connectivity index is 1.94. The summed E-state index contributed by atoms with van der Waals surface area (Å²) in [4.78, 5) is 13.0. The SMILES string of the molecule is CCC1CCC(=Cc2ccccc2)C(=O)C1=Cc1ccccc1. The molecule has 2 aromatic rings. The van der Waals surface area contributed by atoms with Gasteiger partial charge in [-0.05, 0) is 48.5 Å². The van der Waals surface area contributed by atoms with Crippen molar-refractivity contribution < 1.29 is 4.79 Å². The van der Waals surface area contributed by atoms with Gasteiger partial charge in [-0.1, -0.05) is 67.6 Å². The average molecular weight is 302 g/mol. The number of carbonyl (C=O) groups excluding carboxylic acids is 1. The third kappa shape index (κ3) is 3.68. The minimum atomic E-state index is 0.218. The molecular formula is C22H22O. The number of hydrogen-bond acceptors (Lipinski definition) is 1. The van der Waals surface area contributed by atoms with Gasteiger partial charge in [-0.3, -0.25) is 4.79 Å². The van der Waals surface area contributed by atoms with Crippen LogP contribution in [0.3, 0.4) is 0 Å². The van der Waals surface area contributed by atoms with Crippen molar-refractivity contribution in [3.8, 4) is 0 Å². The van der Waals surface area contributed by atoms with Crippen LogP contribution in [0.25, 0.3) is 12.2 Å². The van der Waals surface area contributed by atoms with Crippen LogP contribution in [0, 0.1) is 5.92 Å². The van der Waals surface area contributed by atoms with Crippen LogP contribution in [-0.4, -0.2) is 5.78 Å². The van der Waals surface area contributed by atoms with E-state index < -0.39 is 0 Å². The summed E-state index contributed by atoms with van der Waals surface area (Å²) in [7, 11) is 0. The molecule has 0 aromatic heterocycles. The maximum atomic E-state index is 13.0. The molecule has 1 heteroatoms. The zero-order chi connectivity index (χ0) is 16.1. The smallest absolute Gasteiger partial charge is 0.185 e. The van der Waals surface area contributed by atoms with E-state index in [2.05, 4.69) is 25.1 Å². The van der Waals surface area contributed by atoms with Crippen molar-refractivity contribution >= 4 is 17.9 Å². The Morgan fingerprint density at radius 2 is 1.48 bits per heavy atom. The van der Waals surface area contributed by atoms with Crippen molar-refractivity contribution in [3.63, 3.8) is 0 Å². The molecule has 0 amide bonds. The number of benzene rings is 2. The Bertz CT molecular complexity index is 723. The molecule has 1 aliphatic rings. The topological polar surface area (TPSA) is 17.1 Å². The number of Topliss-reactive ketones (excluding diaryl/α,β-unsaturated/α-hetero) is 1. The minimum Gasteiger partial charge on any atom is -0.289 e. The average Bonchev–Trinajstić information content (AvgIpc) is 2.60. The third-order valence-corrected chi connectivity index (χ3v) is 4.51. The largest absolute Gasteiger partial charge is 0.289 e. The highest BCUT2D eigenvalue weighted by molar-refractivity contribution is 6.14. The first kappa shape index (κ1) is 15.5. The van der Waals surface area contributed by atoms with Crippen LogP contribution in [0.5, 0.6) is 0 Å². The molecule has 1 saturated carbocycles. The summed E-state index contributed by atoms with van der Waals surface area (Å²) < 4.78 is 0. The van der Waals surface area contributed by atoms with Gasteiger partial charge in [-0.2, -0.15) is 0 Å². The highest BCUT2D eigenvalue weighted by atomic mass is 16.1. The number of carbonyl (C=O) groups is 1. The Labute approximate surface area is 138 Å². The molecule has 2 aromatic carbocycles. The van der Waals surface area contributed by atoms with Crippen molar-refractivity contribution in [1.82, 2.24) is 0 Å². The quantitative estimate of drug-likeness (QED) is 0.680. The van der Waals surface area contributed by atoms with E-state index in [0.717, 1.165) is 41.5 Å². The van der Waals surface area contributed by atoms with Gasteiger partial charge >= 0.3 is 0 Å². The molecule has 0 N–H and O–H groups in total. The molecule has 23 heavy (non-hydrogen) atoms. The van der Waals surface area contributed by atoms with E-state index >= 15 is 0 Å². The molecule has 1 nitrogen and oxygen atoms in total. The second-order valence-electron chi connectivity index (χ2n) is 6.06. The monoisotopic (exact) mass is 302 g/mol. The van der Waals surface area contributed by atoms with Gasteiger partial charge in [-0.25, -0.2) is 0 Å². The first-order chi connectivity index (χ1) is 11.3. The lowest BCUT2D eigenvalue weighted by atomic mass is 9.78. The lowest BCUT2D eigenvalue weighted by molar-refractivity contribution is -0.113. The summed E-state index contributed by atoms with van der Waals surface area (Å²) >= 11 is 0. The van der Waals surface area contributed by atoms with Gasteiger partial charge in [0.15, 0.2) is 5.78 Å². The first-order valence-corrected chi connectivity index (χ1v) is 8.35. The Morgan fingerprint density at radius 1 is 0.913 bits per heavy atom. The number of ketones is 1. The first-order valence-electron chi connectivity index (χ1n) is 8.35. The lowest BCUT2D eigenvalue weighted by Crippen LogP contribution is -2.21. The van der Waals surface area contributed by atoms with Gasteiger partial charge in [0.25, 0.3) is 0 Å². The lowest BCUT2D eigenvalue weighted by Gasteiger charge is -2.25. The molecule has 0 saturated heterocycles. The number of allylic oxidation sites excluding steroid dienone is 2. The fraction of sp³-hybridized carbons (Fsp3) is 0.227. The zero-order valence-electron chi connectivity index (χ0n) is 13.5. The zero-order valence-corrected chi connectivity index (χ0v) is 13.5. The van der Waals surface area contributed by atoms with Crippen molar-refractivity contribution in [3.05, 3.63) is 82.9 Å². The van der Waals surface area contributed by atoms with E-state index in [0.29, 0.717) is 5.92 Å². The van der Waals surface area contributed by atoms with Gasteiger partial charge in [0.05, 0.1) is 0 Å². The van der Waals surface area contributed by atoms with Crippen LogP contribution >= 0.6 is 0 Å². The highest BCUT2D eigenvalue weighted by Gasteiger charge is 2.27. The number of rotatable bonds is 3. The van der Waals surface area contributed by atoms with Crippen LogP contribution in [0.15, 0.2) is 71.8 Å². The van der Waals surface area contributed by atoms with Crippen molar-refractivity contribution in [2.75, 3.05) is 0 Å². The number of hydrogen-bond donors (Lipinski definition) is 0. The molecule has 0 bridgehead atoms. The molecule has 0 spiro atoms. The normalized spacial score (nSPS) is 21.8. The van der Waals surface area contributed by atoms with E-state index in [1.807, 2.05) is 54.6 Å². The van der Waals surface area contributed by atoms with E-state index in [1.54, 1.807) is 0 Å². The van der Waals surface area contributed by atoms with Gasteiger partial charge in [0.2, 0.25) is 0 Å². The predicted octanol–water partition coefficient (Wildman–Crippen LogP) is 5.54. The Morgan fingerprint density at radius 3 is 2.04 bits per heavy atom. The minimum absolute atomic E-state index is 0.218. The van der Waals surface area contributed by atoms with Gasteiger partial charge in [-0.15, -0.1) is 0 Å². The summed E-state index contributed by atoms with van der Waals surface area (Å²) in [6.07, 6.45) is 7.07. The molecule has 116 valence electrons. The maximum Gasteiger partial charge on any atom is 0.185 e. The van der Waals surface area contributed by atoms with Crippen molar-refractivity contribution in [1.29, 1.82) is 0 Å². The van der Waals surface area contributed by atoms with Crippen molar-refractivity contribution in [2.24, 2.45) is 5.92 Å². The van der Waals surface area contributed by atoms with E-state index in [-0.39, 0.29) is 5.78 Å². The molecule has 3 rings (SSSR count). The summed E-state index contributed by atoms with van der Waals surface area (Å²) in [5.41, 5.74) is 4.11. The van der Waals surface area contributed by atoms with E-state index in [9.17, 15) is 4.79 Å². The van der Waals surface area contributed by atoms with Crippen LogP contribution in [0.2, 0.25) is 0 Å². The summed E-state index contributed by atoms with van der Waals surface area (Å²) in [6.45, 7) is 2.17. The fourth-order valence-corrected chi connectivity index (χ4v) is 3.19. The molecule has 1 aliphatic carbocycles. The van der Waals surface area contributed by atoms with Gasteiger partial charge < -0.3 is 0 Å². The summed E-state index contributed by atoms with van der Waals surface area (Å²) in [5.74, 6) is 0.589. The second kappa shape index (κ2) is 7.23. The predicted molar refractivity (Wildman–Crippen MR) is 96.9 cm³/mol. The van der Waals surface area contributed by atoms with E-state index in [4.69, 9.17) is 0 Å². The second-order valence-corrected chi connectivity index (χ2v) is 6.06. The Hall–Kier alpha value is -2.41. The Kier molecular flexibility index (Phi) is 4.87. The van der Waals surface area contributed by atoms with E-state index in [1.165, 1.54) is 0 Å². The van der Waals surface area contributed by atoms with Gasteiger partial charge in [0.1, 0.15) is 0 Å². The molecule has 0 aliphatic heterocycles. The van der Waals surface area contributed by atoms with Crippen LogP contribution in [-0.2, 0) is 4.79 Å². The standard InChI is InChI=1S/C22H22O/c1-2-19-13-14-20(15-17-9-5-3-6-10-17)22(23)21(19)16-18-11-7-4-8-12-18/h3-12,15-16,19H,2,13-14H2,1H3. The molecular weight excluding hydrogens is 280 g/mol. The molecule has 1 atom stereocenters. The molecule has 0 heterocycles. The molecule has 1 unspecified atom stereocenters.